The van der Waals surface area contributed by atoms with Gasteiger partial charge in [0.1, 0.15) is 12.4 Å². The minimum Gasteiger partial charge on any atom is -0.497 e. The van der Waals surface area contributed by atoms with Gasteiger partial charge in [0, 0.05) is 17.6 Å². The van der Waals surface area contributed by atoms with Crippen LogP contribution < -0.4 is 9.47 Å². The van der Waals surface area contributed by atoms with Crippen LogP contribution in [0.25, 0.3) is 0 Å². The molecule has 0 amide bonds. The van der Waals surface area contributed by atoms with Crippen molar-refractivity contribution in [3.05, 3.63) is 53.2 Å². The summed E-state index contributed by atoms with van der Waals surface area (Å²) >= 11 is 5.79. The van der Waals surface area contributed by atoms with E-state index in [0.717, 1.165) is 22.6 Å². The second kappa shape index (κ2) is 6.43. The van der Waals surface area contributed by atoms with Crippen molar-refractivity contribution in [3.8, 4) is 11.6 Å². The van der Waals surface area contributed by atoms with Gasteiger partial charge in [-0.1, -0.05) is 18.2 Å². The fraction of sp³-hybridized carbons (Fsp3) is 0.267. The smallest absolute Gasteiger partial charge is 0.213 e. The summed E-state index contributed by atoms with van der Waals surface area (Å²) in [5.41, 5.74) is 3.00. The molecule has 1 aromatic heterocycles. The minimum absolute atomic E-state index is 0.470. The topological polar surface area (TPSA) is 31.4 Å². The molecule has 3 nitrogen and oxygen atoms in total. The fourth-order valence-corrected chi connectivity index (χ4v) is 1.95. The molecule has 1 heterocycles. The maximum Gasteiger partial charge on any atom is 0.213 e. The van der Waals surface area contributed by atoms with E-state index in [0.29, 0.717) is 18.4 Å². The van der Waals surface area contributed by atoms with Crippen molar-refractivity contribution in [2.45, 2.75) is 19.4 Å². The number of hydrogen-bond acceptors (Lipinski definition) is 3. The average molecular weight is 278 g/mol. The van der Waals surface area contributed by atoms with Crippen LogP contribution in [0.3, 0.4) is 0 Å². The molecule has 0 aliphatic carbocycles. The van der Waals surface area contributed by atoms with E-state index in [1.165, 1.54) is 0 Å². The number of methoxy groups -OCH3 is 1. The number of rotatable bonds is 5. The number of nitrogens with zero attached hydrogens (tertiary/aromatic N) is 1. The second-order valence-electron chi connectivity index (χ2n) is 4.16. The highest BCUT2D eigenvalue weighted by atomic mass is 35.5. The van der Waals surface area contributed by atoms with Crippen LogP contribution in [-0.4, -0.2) is 12.1 Å². The molecule has 0 aliphatic rings. The minimum atomic E-state index is 0.470. The van der Waals surface area contributed by atoms with Gasteiger partial charge in [0.15, 0.2) is 0 Å². The van der Waals surface area contributed by atoms with Crippen LogP contribution in [0.4, 0.5) is 0 Å². The third-order valence-corrected chi connectivity index (χ3v) is 3.15. The monoisotopic (exact) mass is 277 g/mol. The Morgan fingerprint density at radius 3 is 2.42 bits per heavy atom. The van der Waals surface area contributed by atoms with Crippen molar-refractivity contribution < 1.29 is 9.47 Å². The first-order valence-electron chi connectivity index (χ1n) is 6.01. The summed E-state index contributed by atoms with van der Waals surface area (Å²) in [6.07, 6.45) is 0. The molecule has 4 heteroatoms. The number of halogens is 1. The Kier molecular flexibility index (Phi) is 4.63. The van der Waals surface area contributed by atoms with Gasteiger partial charge >= 0.3 is 0 Å². The van der Waals surface area contributed by atoms with Crippen LogP contribution >= 0.6 is 11.6 Å². The van der Waals surface area contributed by atoms with Gasteiger partial charge in [-0.3, -0.25) is 0 Å². The Balaban J connectivity index is 1.99. The molecular weight excluding hydrogens is 262 g/mol. The van der Waals surface area contributed by atoms with E-state index < -0.39 is 0 Å². The zero-order valence-corrected chi connectivity index (χ0v) is 11.8. The first-order chi connectivity index (χ1) is 9.22. The molecule has 0 unspecified atom stereocenters. The second-order valence-corrected chi connectivity index (χ2v) is 4.43. The van der Waals surface area contributed by atoms with Gasteiger partial charge in [-0.15, -0.1) is 11.6 Å². The fourth-order valence-electron chi connectivity index (χ4n) is 1.67. The Hall–Kier alpha value is -1.74. The quantitative estimate of drug-likeness (QED) is 0.781. The number of pyridine rings is 1. The number of benzene rings is 1. The molecule has 0 saturated heterocycles. The van der Waals surface area contributed by atoms with Crippen molar-refractivity contribution in [2.75, 3.05) is 7.11 Å². The summed E-state index contributed by atoms with van der Waals surface area (Å²) in [7, 11) is 1.65. The van der Waals surface area contributed by atoms with Gasteiger partial charge in [-0.2, -0.15) is 0 Å². The van der Waals surface area contributed by atoms with Crippen molar-refractivity contribution in [3.63, 3.8) is 0 Å². The lowest BCUT2D eigenvalue weighted by Crippen LogP contribution is -1.99. The standard InChI is InChI=1S/C15H16ClNO2/c1-11-13(9-16)5-8-15(17-11)19-10-12-3-6-14(18-2)7-4-12/h3-8H,9-10H2,1-2H3. The van der Waals surface area contributed by atoms with Crippen LogP contribution in [0.1, 0.15) is 16.8 Å². The van der Waals surface area contributed by atoms with Crippen molar-refractivity contribution in [1.29, 1.82) is 0 Å². The molecule has 0 saturated carbocycles. The molecule has 0 aliphatic heterocycles. The molecule has 0 fully saturated rings. The summed E-state index contributed by atoms with van der Waals surface area (Å²) in [5, 5.41) is 0. The highest BCUT2D eigenvalue weighted by Crippen LogP contribution is 2.16. The van der Waals surface area contributed by atoms with E-state index in [-0.39, 0.29) is 0 Å². The zero-order chi connectivity index (χ0) is 13.7. The molecule has 1 aromatic carbocycles. The Labute approximate surface area is 118 Å². The number of aryl methyl sites for hydroxylation is 1. The number of aromatic nitrogens is 1. The molecule has 0 atom stereocenters. The first-order valence-corrected chi connectivity index (χ1v) is 6.54. The van der Waals surface area contributed by atoms with Gasteiger partial charge in [-0.25, -0.2) is 4.98 Å². The van der Waals surface area contributed by atoms with Gasteiger partial charge in [0.2, 0.25) is 5.88 Å². The van der Waals surface area contributed by atoms with Gasteiger partial charge in [0.05, 0.1) is 7.11 Å². The van der Waals surface area contributed by atoms with E-state index in [2.05, 4.69) is 4.98 Å². The van der Waals surface area contributed by atoms with Crippen LogP contribution in [0, 0.1) is 6.92 Å². The maximum atomic E-state index is 5.79. The SMILES string of the molecule is COc1ccc(COc2ccc(CCl)c(C)n2)cc1. The van der Waals surface area contributed by atoms with Gasteiger partial charge in [0.25, 0.3) is 0 Å². The van der Waals surface area contributed by atoms with E-state index in [4.69, 9.17) is 21.1 Å². The average Bonchev–Trinajstić information content (AvgIpc) is 2.46. The molecule has 100 valence electrons. The van der Waals surface area contributed by atoms with E-state index in [1.807, 2.05) is 43.3 Å². The Bertz CT molecular complexity index is 540. The van der Waals surface area contributed by atoms with E-state index >= 15 is 0 Å². The summed E-state index contributed by atoms with van der Waals surface area (Å²) in [6, 6.07) is 11.5. The summed E-state index contributed by atoms with van der Waals surface area (Å²) < 4.78 is 10.8. The molecule has 19 heavy (non-hydrogen) atoms. The van der Waals surface area contributed by atoms with Crippen LogP contribution in [0.5, 0.6) is 11.6 Å². The Morgan fingerprint density at radius 1 is 1.11 bits per heavy atom. The predicted octanol–water partition coefficient (Wildman–Crippen LogP) is 3.72. The van der Waals surface area contributed by atoms with Gasteiger partial charge < -0.3 is 9.47 Å². The normalized spacial score (nSPS) is 10.3. The lowest BCUT2D eigenvalue weighted by atomic mass is 10.2. The summed E-state index contributed by atoms with van der Waals surface area (Å²) in [5.74, 6) is 1.92. The summed E-state index contributed by atoms with van der Waals surface area (Å²) in [4.78, 5) is 4.36. The number of alkyl halides is 1. The maximum absolute atomic E-state index is 5.79. The Morgan fingerprint density at radius 2 is 1.84 bits per heavy atom. The molecule has 0 N–H and O–H groups in total. The molecule has 2 aromatic rings. The van der Waals surface area contributed by atoms with Crippen molar-refractivity contribution in [1.82, 2.24) is 4.98 Å². The third kappa shape index (κ3) is 3.61. The highest BCUT2D eigenvalue weighted by Gasteiger charge is 2.02. The van der Waals surface area contributed by atoms with Gasteiger partial charge in [-0.05, 0) is 30.2 Å². The van der Waals surface area contributed by atoms with Crippen LogP contribution in [-0.2, 0) is 12.5 Å². The van der Waals surface area contributed by atoms with Crippen LogP contribution in [0.2, 0.25) is 0 Å². The third-order valence-electron chi connectivity index (χ3n) is 2.86. The van der Waals surface area contributed by atoms with E-state index in [9.17, 15) is 0 Å². The van der Waals surface area contributed by atoms with Crippen LogP contribution in [0.15, 0.2) is 36.4 Å². The van der Waals surface area contributed by atoms with Crippen molar-refractivity contribution >= 4 is 11.6 Å². The predicted molar refractivity (Wildman–Crippen MR) is 75.9 cm³/mol. The first kappa shape index (κ1) is 13.7. The summed E-state index contributed by atoms with van der Waals surface area (Å²) in [6.45, 7) is 2.41. The largest absolute Gasteiger partial charge is 0.497 e. The number of ether oxygens (including phenoxy) is 2. The highest BCUT2D eigenvalue weighted by molar-refractivity contribution is 6.17. The molecule has 2 rings (SSSR count). The molecule has 0 radical (unpaired) electrons. The lowest BCUT2D eigenvalue weighted by Gasteiger charge is -2.08. The number of hydrogen-bond donors (Lipinski definition) is 0. The van der Waals surface area contributed by atoms with E-state index in [1.54, 1.807) is 7.11 Å². The zero-order valence-electron chi connectivity index (χ0n) is 11.0. The van der Waals surface area contributed by atoms with Crippen molar-refractivity contribution in [2.24, 2.45) is 0 Å². The molecular formula is C15H16ClNO2. The molecule has 0 bridgehead atoms. The lowest BCUT2D eigenvalue weighted by molar-refractivity contribution is 0.293. The molecule has 0 spiro atoms.